The average Bonchev–Trinajstić information content (AvgIpc) is 2.45. The van der Waals surface area contributed by atoms with Gasteiger partial charge in [-0.05, 0) is 44.5 Å². The summed E-state index contributed by atoms with van der Waals surface area (Å²) in [6, 6.07) is 6.98. The second kappa shape index (κ2) is 8.02. The molecule has 0 fully saturated rings. The number of amides is 1. The Hall–Kier alpha value is -1.56. The molecule has 0 saturated heterocycles. The zero-order valence-corrected chi connectivity index (χ0v) is 14.0. The predicted molar refractivity (Wildman–Crippen MR) is 83.3 cm³/mol. The monoisotopic (exact) mass is 357 g/mol. The van der Waals surface area contributed by atoms with Gasteiger partial charge in [-0.15, -0.1) is 0 Å². The van der Waals surface area contributed by atoms with Crippen molar-refractivity contribution in [2.45, 2.75) is 39.3 Å². The maximum atomic E-state index is 12.4. The lowest BCUT2D eigenvalue weighted by Gasteiger charge is -2.29. The van der Waals surface area contributed by atoms with Crippen molar-refractivity contribution in [3.63, 3.8) is 0 Å². The van der Waals surface area contributed by atoms with Crippen LogP contribution < -0.4 is 4.74 Å². The van der Waals surface area contributed by atoms with E-state index in [1.165, 1.54) is 4.90 Å². The van der Waals surface area contributed by atoms with Gasteiger partial charge in [-0.1, -0.05) is 22.9 Å². The maximum absolute atomic E-state index is 12.4. The molecule has 21 heavy (non-hydrogen) atoms. The summed E-state index contributed by atoms with van der Waals surface area (Å²) in [4.78, 5) is 24.6. The first-order chi connectivity index (χ1) is 9.85. The summed E-state index contributed by atoms with van der Waals surface area (Å²) in [5, 5.41) is 8.94. The van der Waals surface area contributed by atoms with Crippen LogP contribution in [0.1, 0.15) is 27.2 Å². The molecule has 1 rings (SSSR count). The normalized spacial score (nSPS) is 13.3. The molecule has 0 radical (unpaired) electrons. The number of ether oxygens (including phenoxy) is 1. The van der Waals surface area contributed by atoms with E-state index in [1.54, 1.807) is 19.1 Å². The topological polar surface area (TPSA) is 66.8 Å². The third-order valence-electron chi connectivity index (χ3n) is 3.19. The molecule has 5 nitrogen and oxygen atoms in total. The Morgan fingerprint density at radius 3 is 2.33 bits per heavy atom. The molecule has 0 aliphatic heterocycles. The van der Waals surface area contributed by atoms with Crippen LogP contribution in [0.2, 0.25) is 0 Å². The Morgan fingerprint density at radius 1 is 1.29 bits per heavy atom. The molecule has 2 unspecified atom stereocenters. The Bertz CT molecular complexity index is 489. The van der Waals surface area contributed by atoms with Crippen LogP contribution in [0.3, 0.4) is 0 Å². The van der Waals surface area contributed by atoms with Gasteiger partial charge in [0.2, 0.25) is 0 Å². The number of carboxylic acids is 1. The number of benzene rings is 1. The van der Waals surface area contributed by atoms with Gasteiger partial charge in [0, 0.05) is 10.5 Å². The van der Waals surface area contributed by atoms with Gasteiger partial charge in [-0.3, -0.25) is 9.59 Å². The van der Waals surface area contributed by atoms with Gasteiger partial charge in [0.15, 0.2) is 6.10 Å². The quantitative estimate of drug-likeness (QED) is 0.814. The second-order valence-electron chi connectivity index (χ2n) is 4.83. The van der Waals surface area contributed by atoms with E-state index in [2.05, 4.69) is 15.9 Å². The number of hydrogen-bond donors (Lipinski definition) is 1. The van der Waals surface area contributed by atoms with Crippen molar-refractivity contribution in [1.29, 1.82) is 0 Å². The van der Waals surface area contributed by atoms with E-state index in [9.17, 15) is 9.59 Å². The number of rotatable bonds is 7. The van der Waals surface area contributed by atoms with E-state index >= 15 is 0 Å². The zero-order valence-electron chi connectivity index (χ0n) is 12.4. The van der Waals surface area contributed by atoms with Crippen LogP contribution in [0.5, 0.6) is 5.75 Å². The molecule has 116 valence electrons. The van der Waals surface area contributed by atoms with Gasteiger partial charge >= 0.3 is 5.97 Å². The highest BCUT2D eigenvalue weighted by molar-refractivity contribution is 9.10. The summed E-state index contributed by atoms with van der Waals surface area (Å²) in [6.07, 6.45) is -0.0520. The lowest BCUT2D eigenvalue weighted by molar-refractivity contribution is -0.149. The van der Waals surface area contributed by atoms with Crippen molar-refractivity contribution in [3.05, 3.63) is 28.7 Å². The molecular formula is C15H20BrNO4. The lowest BCUT2D eigenvalue weighted by atomic mass is 10.2. The number of hydrogen-bond acceptors (Lipinski definition) is 3. The third-order valence-corrected chi connectivity index (χ3v) is 3.71. The van der Waals surface area contributed by atoms with Gasteiger partial charge in [-0.2, -0.15) is 0 Å². The highest BCUT2D eigenvalue weighted by atomic mass is 79.9. The summed E-state index contributed by atoms with van der Waals surface area (Å²) in [5.41, 5.74) is 0. The summed E-state index contributed by atoms with van der Waals surface area (Å²) < 4.78 is 6.50. The minimum atomic E-state index is -1.03. The molecule has 2 atom stereocenters. The second-order valence-corrected chi connectivity index (χ2v) is 5.75. The SMILES string of the molecule is CCC(C)N(CC(=O)O)C(=O)C(C)Oc1ccc(Br)cc1. The first kappa shape index (κ1) is 17.5. The standard InChI is InChI=1S/C15H20BrNO4/c1-4-10(2)17(9-14(18)19)15(20)11(3)21-13-7-5-12(16)6-8-13/h5-8,10-11H,4,9H2,1-3H3,(H,18,19). The van der Waals surface area contributed by atoms with Gasteiger partial charge in [-0.25, -0.2) is 0 Å². The molecule has 0 spiro atoms. The van der Waals surface area contributed by atoms with E-state index in [0.29, 0.717) is 12.2 Å². The molecule has 1 amide bonds. The van der Waals surface area contributed by atoms with Gasteiger partial charge in [0.05, 0.1) is 0 Å². The fraction of sp³-hybridized carbons (Fsp3) is 0.467. The van der Waals surface area contributed by atoms with Crippen LogP contribution in [-0.2, 0) is 9.59 Å². The summed E-state index contributed by atoms with van der Waals surface area (Å²) >= 11 is 3.32. The molecule has 6 heteroatoms. The van der Waals surface area contributed by atoms with E-state index in [-0.39, 0.29) is 18.5 Å². The summed E-state index contributed by atoms with van der Waals surface area (Å²) in [5.74, 6) is -0.785. The fourth-order valence-electron chi connectivity index (χ4n) is 1.82. The Balaban J connectivity index is 2.77. The molecule has 1 aromatic rings. The van der Waals surface area contributed by atoms with Crippen molar-refractivity contribution in [3.8, 4) is 5.75 Å². The highest BCUT2D eigenvalue weighted by Crippen LogP contribution is 2.18. The van der Waals surface area contributed by atoms with Crippen LogP contribution in [0, 0.1) is 0 Å². The molecule has 0 aliphatic carbocycles. The third kappa shape index (κ3) is 5.38. The van der Waals surface area contributed by atoms with Crippen molar-refractivity contribution >= 4 is 27.8 Å². The van der Waals surface area contributed by atoms with Gasteiger partial charge in [0.25, 0.3) is 5.91 Å². The first-order valence-electron chi connectivity index (χ1n) is 6.79. The van der Waals surface area contributed by atoms with E-state index in [0.717, 1.165) is 4.47 Å². The molecule has 0 saturated carbocycles. The predicted octanol–water partition coefficient (Wildman–Crippen LogP) is 2.93. The maximum Gasteiger partial charge on any atom is 0.323 e. The zero-order chi connectivity index (χ0) is 16.0. The Morgan fingerprint density at radius 2 is 1.86 bits per heavy atom. The van der Waals surface area contributed by atoms with Crippen LogP contribution in [0.15, 0.2) is 28.7 Å². The Kier molecular flexibility index (Phi) is 6.68. The van der Waals surface area contributed by atoms with Crippen molar-refractivity contribution in [2.24, 2.45) is 0 Å². The molecule has 0 bridgehead atoms. The fourth-order valence-corrected chi connectivity index (χ4v) is 2.08. The number of aliphatic carboxylic acids is 1. The number of carbonyl (C=O) groups is 2. The minimum Gasteiger partial charge on any atom is -0.481 e. The van der Waals surface area contributed by atoms with E-state index in [1.807, 2.05) is 26.0 Å². The number of nitrogens with zero attached hydrogens (tertiary/aromatic N) is 1. The summed E-state index contributed by atoms with van der Waals surface area (Å²) in [7, 11) is 0. The molecule has 0 aromatic heterocycles. The molecular weight excluding hydrogens is 338 g/mol. The van der Waals surface area contributed by atoms with Gasteiger partial charge < -0.3 is 14.7 Å². The number of halogens is 1. The van der Waals surface area contributed by atoms with Crippen LogP contribution >= 0.6 is 15.9 Å². The van der Waals surface area contributed by atoms with E-state index in [4.69, 9.17) is 9.84 Å². The highest BCUT2D eigenvalue weighted by Gasteiger charge is 2.27. The largest absolute Gasteiger partial charge is 0.481 e. The van der Waals surface area contributed by atoms with Gasteiger partial charge in [0.1, 0.15) is 12.3 Å². The summed E-state index contributed by atoms with van der Waals surface area (Å²) in [6.45, 7) is 5.05. The number of carbonyl (C=O) groups excluding carboxylic acids is 1. The van der Waals surface area contributed by atoms with Crippen molar-refractivity contribution < 1.29 is 19.4 Å². The van der Waals surface area contributed by atoms with E-state index < -0.39 is 12.1 Å². The van der Waals surface area contributed by atoms with Crippen molar-refractivity contribution in [1.82, 2.24) is 4.90 Å². The van der Waals surface area contributed by atoms with Crippen molar-refractivity contribution in [2.75, 3.05) is 6.54 Å². The lowest BCUT2D eigenvalue weighted by Crippen LogP contribution is -2.47. The molecule has 0 aliphatic rings. The molecule has 1 aromatic carbocycles. The van der Waals surface area contributed by atoms with Crippen LogP contribution in [0.25, 0.3) is 0 Å². The molecule has 0 heterocycles. The smallest absolute Gasteiger partial charge is 0.323 e. The first-order valence-corrected chi connectivity index (χ1v) is 7.59. The molecule has 1 N–H and O–H groups in total. The van der Waals surface area contributed by atoms with Crippen LogP contribution in [-0.4, -0.2) is 40.6 Å². The number of carboxylic acid groups (broad SMARTS) is 1. The Labute approximate surface area is 133 Å². The average molecular weight is 358 g/mol. The minimum absolute atomic E-state index is 0.149. The van der Waals surface area contributed by atoms with Crippen LogP contribution in [0.4, 0.5) is 0 Å².